The van der Waals surface area contributed by atoms with Gasteiger partial charge < -0.3 is 9.72 Å². The minimum atomic E-state index is -0.759. The van der Waals surface area contributed by atoms with Gasteiger partial charge in [-0.1, -0.05) is 41.7 Å². The van der Waals surface area contributed by atoms with Crippen LogP contribution in [0.3, 0.4) is 0 Å². The summed E-state index contributed by atoms with van der Waals surface area (Å²) in [6, 6.07) is 14.9. The summed E-state index contributed by atoms with van der Waals surface area (Å²) in [5.74, 6) is -0.943. The van der Waals surface area contributed by atoms with Gasteiger partial charge in [0.05, 0.1) is 28.5 Å². The van der Waals surface area contributed by atoms with Crippen LogP contribution in [0.4, 0.5) is 4.39 Å². The first-order valence-electron chi connectivity index (χ1n) is 10.5. The quantitative estimate of drug-likeness (QED) is 0.473. The number of aromatic amines is 1. The van der Waals surface area contributed by atoms with Gasteiger partial charge in [0.15, 0.2) is 4.80 Å². The van der Waals surface area contributed by atoms with Crippen molar-refractivity contribution >= 4 is 34.3 Å². The van der Waals surface area contributed by atoms with E-state index >= 15 is 0 Å². The number of fused-ring (bicyclic) bond motifs is 2. The molecule has 0 radical (unpaired) electrons. The van der Waals surface area contributed by atoms with Crippen LogP contribution in [-0.4, -0.2) is 22.1 Å². The van der Waals surface area contributed by atoms with E-state index in [1.165, 1.54) is 28.0 Å². The highest BCUT2D eigenvalue weighted by Gasteiger charge is 2.33. The first-order valence-corrected chi connectivity index (χ1v) is 11.3. The Kier molecular flexibility index (Phi) is 5.30. The Hall–Kier alpha value is -3.78. The van der Waals surface area contributed by atoms with Crippen LogP contribution in [-0.2, 0) is 9.53 Å². The number of esters is 1. The third-order valence-electron chi connectivity index (χ3n) is 5.54. The van der Waals surface area contributed by atoms with E-state index in [1.54, 1.807) is 32.1 Å². The minimum absolute atomic E-state index is 0.191. The maximum atomic E-state index is 13.6. The lowest BCUT2D eigenvalue weighted by Crippen LogP contribution is -2.39. The predicted molar refractivity (Wildman–Crippen MR) is 125 cm³/mol. The highest BCUT2D eigenvalue weighted by molar-refractivity contribution is 7.07. The molecule has 0 aliphatic carbocycles. The zero-order valence-corrected chi connectivity index (χ0v) is 18.8. The number of halogens is 1. The zero-order valence-electron chi connectivity index (χ0n) is 18.0. The molecule has 0 spiro atoms. The van der Waals surface area contributed by atoms with E-state index in [0.717, 1.165) is 16.6 Å². The van der Waals surface area contributed by atoms with E-state index in [2.05, 4.69) is 9.98 Å². The summed E-state index contributed by atoms with van der Waals surface area (Å²) in [7, 11) is 0. The van der Waals surface area contributed by atoms with Gasteiger partial charge in [-0.15, -0.1) is 0 Å². The molecule has 5 rings (SSSR count). The number of allylic oxidation sites excluding steroid dienone is 1. The monoisotopic (exact) mass is 461 g/mol. The van der Waals surface area contributed by atoms with E-state index in [-0.39, 0.29) is 17.7 Å². The number of nitrogens with zero attached hydrogens (tertiary/aromatic N) is 2. The molecule has 33 heavy (non-hydrogen) atoms. The van der Waals surface area contributed by atoms with Crippen LogP contribution in [0.15, 0.2) is 75.7 Å². The van der Waals surface area contributed by atoms with Gasteiger partial charge in [-0.3, -0.25) is 9.36 Å². The normalized spacial score (nSPS) is 16.1. The number of ether oxygens (including phenoxy) is 1. The standard InChI is InChI=1S/C25H20FN3O3S/c1-3-32-24(31)21-14(2)27-25-29(22(21)15-8-10-17(26)11-9-15)23(30)20(33-25)13-18-12-16-6-4-5-7-19(16)28-18/h4-13,22,28H,3H2,1-2H3/b20-13+. The van der Waals surface area contributed by atoms with Crippen molar-refractivity contribution < 1.29 is 13.9 Å². The summed E-state index contributed by atoms with van der Waals surface area (Å²) in [5, 5.41) is 1.04. The molecule has 2 aromatic heterocycles. The molecule has 0 fully saturated rings. The van der Waals surface area contributed by atoms with E-state index in [9.17, 15) is 14.0 Å². The molecule has 8 heteroatoms. The first kappa shape index (κ1) is 21.1. The highest BCUT2D eigenvalue weighted by Crippen LogP contribution is 2.30. The van der Waals surface area contributed by atoms with Crippen LogP contribution < -0.4 is 14.9 Å². The third-order valence-corrected chi connectivity index (χ3v) is 6.52. The summed E-state index contributed by atoms with van der Waals surface area (Å²) in [5.41, 5.74) is 2.84. The van der Waals surface area contributed by atoms with Crippen molar-refractivity contribution in [3.8, 4) is 0 Å². The fraction of sp³-hybridized carbons (Fsp3) is 0.160. The average molecular weight is 462 g/mol. The second-order valence-electron chi connectivity index (χ2n) is 7.67. The Bertz CT molecular complexity index is 1560. The summed E-state index contributed by atoms with van der Waals surface area (Å²) in [6.45, 7) is 3.63. The van der Waals surface area contributed by atoms with Crippen molar-refractivity contribution in [2.45, 2.75) is 19.9 Å². The van der Waals surface area contributed by atoms with Crippen LogP contribution in [0.2, 0.25) is 0 Å². The molecule has 1 unspecified atom stereocenters. The molecule has 1 N–H and O–H groups in total. The molecule has 166 valence electrons. The number of para-hydroxylation sites is 1. The number of carbonyl (C=O) groups is 1. The Morgan fingerprint density at radius 1 is 1.24 bits per heavy atom. The van der Waals surface area contributed by atoms with Gasteiger partial charge in [0.2, 0.25) is 0 Å². The maximum Gasteiger partial charge on any atom is 0.338 e. The van der Waals surface area contributed by atoms with E-state index in [0.29, 0.717) is 20.6 Å². The highest BCUT2D eigenvalue weighted by atomic mass is 32.1. The Morgan fingerprint density at radius 3 is 2.73 bits per heavy atom. The van der Waals surface area contributed by atoms with Crippen molar-refractivity contribution in [1.29, 1.82) is 0 Å². The number of benzene rings is 2. The number of rotatable bonds is 4. The van der Waals surface area contributed by atoms with Gasteiger partial charge in [0, 0.05) is 11.2 Å². The van der Waals surface area contributed by atoms with Crippen LogP contribution >= 0.6 is 11.3 Å². The Balaban J connectivity index is 1.72. The van der Waals surface area contributed by atoms with Gasteiger partial charge in [-0.2, -0.15) is 0 Å². The van der Waals surface area contributed by atoms with Crippen LogP contribution in [0.1, 0.15) is 31.1 Å². The molecular weight excluding hydrogens is 441 g/mol. The second kappa shape index (κ2) is 8.29. The molecule has 1 aliphatic rings. The number of H-pyrrole nitrogens is 1. The molecule has 2 aromatic carbocycles. The molecule has 3 heterocycles. The molecule has 1 atom stereocenters. The summed E-state index contributed by atoms with van der Waals surface area (Å²) >= 11 is 1.25. The molecule has 0 amide bonds. The number of hydrogen-bond acceptors (Lipinski definition) is 5. The first-order chi connectivity index (χ1) is 16.0. The number of hydrogen-bond donors (Lipinski definition) is 1. The van der Waals surface area contributed by atoms with Crippen molar-refractivity contribution in [2.24, 2.45) is 4.99 Å². The Labute approximate surface area is 192 Å². The summed E-state index contributed by atoms with van der Waals surface area (Å²) < 4.78 is 20.9. The summed E-state index contributed by atoms with van der Waals surface area (Å²) in [6.07, 6.45) is 1.79. The van der Waals surface area contributed by atoms with Gasteiger partial charge in [-0.25, -0.2) is 14.2 Å². The zero-order chi connectivity index (χ0) is 23.1. The molecule has 0 saturated heterocycles. The third kappa shape index (κ3) is 3.72. The number of carbonyl (C=O) groups excluding carboxylic acids is 1. The van der Waals surface area contributed by atoms with Gasteiger partial charge >= 0.3 is 5.97 Å². The van der Waals surface area contributed by atoms with Crippen LogP contribution in [0.5, 0.6) is 0 Å². The van der Waals surface area contributed by atoms with E-state index < -0.39 is 17.8 Å². The fourth-order valence-corrected chi connectivity index (χ4v) is 5.10. The van der Waals surface area contributed by atoms with Crippen LogP contribution in [0.25, 0.3) is 17.0 Å². The number of aromatic nitrogens is 2. The lowest BCUT2D eigenvalue weighted by atomic mass is 9.96. The topological polar surface area (TPSA) is 76.4 Å². The molecule has 0 saturated carbocycles. The van der Waals surface area contributed by atoms with E-state index in [4.69, 9.17) is 4.74 Å². The fourth-order valence-electron chi connectivity index (χ4n) is 4.07. The molecule has 0 bridgehead atoms. The van der Waals surface area contributed by atoms with Crippen molar-refractivity contribution in [3.63, 3.8) is 0 Å². The minimum Gasteiger partial charge on any atom is -0.463 e. The molecule has 6 nitrogen and oxygen atoms in total. The SMILES string of the molecule is CCOC(=O)C1=C(C)N=c2s/c(=C/c3cc4ccccc4[nH]3)c(=O)n2C1c1ccc(F)cc1. The summed E-state index contributed by atoms with van der Waals surface area (Å²) in [4.78, 5) is 34.7. The second-order valence-corrected chi connectivity index (χ2v) is 8.67. The lowest BCUT2D eigenvalue weighted by Gasteiger charge is -2.24. The predicted octanol–water partition coefficient (Wildman–Crippen LogP) is 3.42. The molecular formula is C25H20FN3O3S. The van der Waals surface area contributed by atoms with E-state index in [1.807, 2.05) is 30.3 Å². The number of thiazole rings is 1. The van der Waals surface area contributed by atoms with Crippen molar-refractivity contribution in [2.75, 3.05) is 6.61 Å². The average Bonchev–Trinajstić information content (AvgIpc) is 3.34. The molecule has 4 aromatic rings. The van der Waals surface area contributed by atoms with Gasteiger partial charge in [0.25, 0.3) is 5.56 Å². The maximum absolute atomic E-state index is 13.6. The largest absolute Gasteiger partial charge is 0.463 e. The smallest absolute Gasteiger partial charge is 0.338 e. The van der Waals surface area contributed by atoms with Crippen molar-refractivity contribution in [3.05, 3.63) is 103 Å². The molecule has 1 aliphatic heterocycles. The van der Waals surface area contributed by atoms with Gasteiger partial charge in [-0.05, 0) is 55.1 Å². The Morgan fingerprint density at radius 2 is 2.00 bits per heavy atom. The number of nitrogens with one attached hydrogen (secondary N) is 1. The van der Waals surface area contributed by atoms with Gasteiger partial charge in [0.1, 0.15) is 5.82 Å². The van der Waals surface area contributed by atoms with Crippen molar-refractivity contribution in [1.82, 2.24) is 9.55 Å². The lowest BCUT2D eigenvalue weighted by molar-refractivity contribution is -0.139. The van der Waals surface area contributed by atoms with Crippen LogP contribution in [0, 0.1) is 5.82 Å².